The van der Waals surface area contributed by atoms with Gasteiger partial charge in [-0.05, 0) is 12.1 Å². The van der Waals surface area contributed by atoms with Crippen LogP contribution in [-0.2, 0) is 0 Å². The van der Waals surface area contributed by atoms with Gasteiger partial charge < -0.3 is 20.3 Å². The van der Waals surface area contributed by atoms with E-state index in [1.807, 2.05) is 0 Å². The normalized spacial score (nSPS) is 10.6. The molecule has 1 aromatic heterocycles. The summed E-state index contributed by atoms with van der Waals surface area (Å²) in [5.41, 5.74) is 0.188. The Morgan fingerprint density at radius 2 is 2.00 bits per heavy atom. The largest absolute Gasteiger partial charge is 0.495 e. The lowest BCUT2D eigenvalue weighted by atomic mass is 10.4. The van der Waals surface area contributed by atoms with Gasteiger partial charge in [-0.15, -0.1) is 0 Å². The minimum absolute atomic E-state index is 0.0712. The molecule has 1 rings (SSSR count). The molecule has 0 amide bonds. The first-order valence-corrected chi connectivity index (χ1v) is 2.44. The smallest absolute Gasteiger partial charge is 0.193 e. The molecule has 0 bridgehead atoms. The SMILES string of the molecule is Oc1ccc(C(O)O)[nH]1. The van der Waals surface area contributed by atoms with Crippen molar-refractivity contribution in [3.8, 4) is 5.88 Å². The second kappa shape index (κ2) is 2.08. The van der Waals surface area contributed by atoms with Crippen LogP contribution in [0.5, 0.6) is 5.88 Å². The maximum absolute atomic E-state index is 8.62. The molecule has 9 heavy (non-hydrogen) atoms. The van der Waals surface area contributed by atoms with E-state index in [9.17, 15) is 0 Å². The number of aliphatic hydroxyl groups excluding tert-OH is 1. The van der Waals surface area contributed by atoms with Crippen molar-refractivity contribution in [2.24, 2.45) is 0 Å². The van der Waals surface area contributed by atoms with Gasteiger partial charge >= 0.3 is 0 Å². The number of aromatic amines is 1. The Labute approximate surface area is 51.4 Å². The summed E-state index contributed by atoms with van der Waals surface area (Å²) in [5.74, 6) is -0.0712. The third kappa shape index (κ3) is 1.22. The fraction of sp³-hybridized carbons (Fsp3) is 0.200. The molecule has 0 saturated carbocycles. The lowest BCUT2D eigenvalue weighted by molar-refractivity contribution is -0.0456. The number of aliphatic hydroxyl groups is 2. The van der Waals surface area contributed by atoms with Gasteiger partial charge in [-0.1, -0.05) is 0 Å². The van der Waals surface area contributed by atoms with E-state index in [0.717, 1.165) is 0 Å². The number of hydrogen-bond acceptors (Lipinski definition) is 3. The summed E-state index contributed by atoms with van der Waals surface area (Å²) in [6, 6.07) is 2.73. The molecule has 1 heterocycles. The second-order valence-corrected chi connectivity index (χ2v) is 1.67. The lowest BCUT2D eigenvalue weighted by Gasteiger charge is -1.96. The third-order valence-corrected chi connectivity index (χ3v) is 0.971. The molecule has 4 N–H and O–H groups in total. The van der Waals surface area contributed by atoms with Crippen LogP contribution in [0.4, 0.5) is 0 Å². The molecule has 0 saturated heterocycles. The molecule has 0 radical (unpaired) electrons. The highest BCUT2D eigenvalue weighted by atomic mass is 16.5. The van der Waals surface area contributed by atoms with E-state index >= 15 is 0 Å². The minimum atomic E-state index is -1.54. The summed E-state index contributed by atoms with van der Waals surface area (Å²) in [7, 11) is 0. The summed E-state index contributed by atoms with van der Waals surface area (Å²) in [4.78, 5) is 2.33. The Morgan fingerprint density at radius 1 is 1.33 bits per heavy atom. The number of aromatic nitrogens is 1. The Morgan fingerprint density at radius 3 is 2.22 bits per heavy atom. The first-order chi connectivity index (χ1) is 4.20. The molecule has 50 valence electrons. The molecule has 0 aliphatic rings. The van der Waals surface area contributed by atoms with Crippen LogP contribution in [0.2, 0.25) is 0 Å². The summed E-state index contributed by atoms with van der Waals surface area (Å²) in [6.45, 7) is 0. The van der Waals surface area contributed by atoms with Crippen LogP contribution in [0.1, 0.15) is 12.0 Å². The molecule has 1 aromatic rings. The van der Waals surface area contributed by atoms with Crippen LogP contribution < -0.4 is 0 Å². The summed E-state index contributed by atoms with van der Waals surface area (Å²) in [5, 5.41) is 25.5. The van der Waals surface area contributed by atoms with Gasteiger partial charge in [0.15, 0.2) is 12.2 Å². The zero-order valence-electron chi connectivity index (χ0n) is 4.57. The lowest BCUT2D eigenvalue weighted by Crippen LogP contribution is -1.93. The molecule has 0 aromatic carbocycles. The first kappa shape index (κ1) is 6.12. The van der Waals surface area contributed by atoms with Crippen LogP contribution in [0, 0.1) is 0 Å². The van der Waals surface area contributed by atoms with Crippen molar-refractivity contribution in [1.82, 2.24) is 4.98 Å². The Balaban J connectivity index is 2.85. The molecule has 0 atom stereocenters. The van der Waals surface area contributed by atoms with Crippen LogP contribution in [0.3, 0.4) is 0 Å². The van der Waals surface area contributed by atoms with Crippen molar-refractivity contribution in [3.63, 3.8) is 0 Å². The average molecular weight is 129 g/mol. The van der Waals surface area contributed by atoms with Crippen molar-refractivity contribution in [1.29, 1.82) is 0 Å². The van der Waals surface area contributed by atoms with Gasteiger partial charge in [0.05, 0.1) is 5.69 Å². The van der Waals surface area contributed by atoms with Gasteiger partial charge in [0.2, 0.25) is 0 Å². The highest BCUT2D eigenvalue weighted by Crippen LogP contribution is 2.12. The minimum Gasteiger partial charge on any atom is -0.495 e. The topological polar surface area (TPSA) is 76.5 Å². The molecule has 0 spiro atoms. The van der Waals surface area contributed by atoms with E-state index in [2.05, 4.69) is 4.98 Å². The van der Waals surface area contributed by atoms with Crippen LogP contribution in [0.25, 0.3) is 0 Å². The molecule has 0 aliphatic carbocycles. The summed E-state index contributed by atoms with van der Waals surface area (Å²) in [6.07, 6.45) is -1.54. The van der Waals surface area contributed by atoms with Gasteiger partial charge in [-0.2, -0.15) is 0 Å². The Bertz CT molecular complexity index is 194. The van der Waals surface area contributed by atoms with Crippen molar-refractivity contribution in [2.45, 2.75) is 6.29 Å². The van der Waals surface area contributed by atoms with Gasteiger partial charge in [0, 0.05) is 0 Å². The van der Waals surface area contributed by atoms with E-state index < -0.39 is 6.29 Å². The van der Waals surface area contributed by atoms with Gasteiger partial charge in [-0.3, -0.25) is 0 Å². The van der Waals surface area contributed by atoms with Crippen molar-refractivity contribution in [3.05, 3.63) is 17.8 Å². The highest BCUT2D eigenvalue weighted by Gasteiger charge is 2.02. The predicted molar refractivity (Wildman–Crippen MR) is 29.6 cm³/mol. The van der Waals surface area contributed by atoms with E-state index in [1.54, 1.807) is 0 Å². The standard InChI is InChI=1S/C5H7NO3/c7-4-2-1-3(6-4)5(8)9/h1-2,5-9H. The Hall–Kier alpha value is -1.00. The van der Waals surface area contributed by atoms with Gasteiger partial charge in [0.25, 0.3) is 0 Å². The van der Waals surface area contributed by atoms with Crippen molar-refractivity contribution in [2.75, 3.05) is 0 Å². The number of aromatic hydroxyl groups is 1. The third-order valence-electron chi connectivity index (χ3n) is 0.971. The molecular weight excluding hydrogens is 122 g/mol. The number of rotatable bonds is 1. The number of H-pyrrole nitrogens is 1. The van der Waals surface area contributed by atoms with Crippen LogP contribution in [0.15, 0.2) is 12.1 Å². The monoisotopic (exact) mass is 129 g/mol. The van der Waals surface area contributed by atoms with E-state index in [4.69, 9.17) is 15.3 Å². The van der Waals surface area contributed by atoms with E-state index in [1.165, 1.54) is 12.1 Å². The fourth-order valence-corrected chi connectivity index (χ4v) is 0.551. The molecule has 0 aliphatic heterocycles. The average Bonchev–Trinajstić information content (AvgIpc) is 2.14. The molecule has 4 nitrogen and oxygen atoms in total. The summed E-state index contributed by atoms with van der Waals surface area (Å²) >= 11 is 0. The molecule has 0 unspecified atom stereocenters. The summed E-state index contributed by atoms with van der Waals surface area (Å²) < 4.78 is 0. The first-order valence-electron chi connectivity index (χ1n) is 2.44. The quantitative estimate of drug-likeness (QED) is 0.393. The maximum atomic E-state index is 8.62. The van der Waals surface area contributed by atoms with Gasteiger partial charge in [0.1, 0.15) is 0 Å². The van der Waals surface area contributed by atoms with E-state index in [0.29, 0.717) is 0 Å². The van der Waals surface area contributed by atoms with Crippen LogP contribution >= 0.6 is 0 Å². The van der Waals surface area contributed by atoms with Gasteiger partial charge in [-0.25, -0.2) is 0 Å². The molecule has 0 fully saturated rings. The molecule has 4 heteroatoms. The molecular formula is C5H7NO3. The zero-order chi connectivity index (χ0) is 6.85. The van der Waals surface area contributed by atoms with Crippen LogP contribution in [-0.4, -0.2) is 20.3 Å². The van der Waals surface area contributed by atoms with Crippen molar-refractivity contribution < 1.29 is 15.3 Å². The van der Waals surface area contributed by atoms with Crippen molar-refractivity contribution >= 4 is 0 Å². The predicted octanol–water partition coefficient (Wildman–Crippen LogP) is -0.297. The number of hydrogen-bond donors (Lipinski definition) is 4. The highest BCUT2D eigenvalue weighted by molar-refractivity contribution is 5.16. The zero-order valence-corrected chi connectivity index (χ0v) is 4.57. The fourth-order valence-electron chi connectivity index (χ4n) is 0.551. The van der Waals surface area contributed by atoms with E-state index in [-0.39, 0.29) is 11.6 Å². The Kier molecular flexibility index (Phi) is 1.42. The maximum Gasteiger partial charge on any atom is 0.193 e. The number of nitrogens with one attached hydrogen (secondary N) is 1. The second-order valence-electron chi connectivity index (χ2n) is 1.67.